The molecule has 25 heavy (non-hydrogen) atoms. The van der Waals surface area contributed by atoms with Gasteiger partial charge in [-0.1, -0.05) is 31.5 Å². The van der Waals surface area contributed by atoms with E-state index in [1.54, 1.807) is 55.6 Å². The Morgan fingerprint density at radius 1 is 0.920 bits per heavy atom. The maximum absolute atomic E-state index is 12.1. The second-order valence-corrected chi connectivity index (χ2v) is 5.45. The number of ether oxygens (including phenoxy) is 3. The van der Waals surface area contributed by atoms with Gasteiger partial charge in [0, 0.05) is 5.56 Å². The molecular formula is C20H22O5. The van der Waals surface area contributed by atoms with Crippen LogP contribution in [0.2, 0.25) is 0 Å². The van der Waals surface area contributed by atoms with Crippen LogP contribution in [0.1, 0.15) is 46.0 Å². The van der Waals surface area contributed by atoms with E-state index in [4.69, 9.17) is 14.2 Å². The van der Waals surface area contributed by atoms with Gasteiger partial charge in [-0.15, -0.1) is 0 Å². The van der Waals surface area contributed by atoms with Crippen LogP contribution in [0.4, 0.5) is 0 Å². The van der Waals surface area contributed by atoms with Gasteiger partial charge in [-0.3, -0.25) is 0 Å². The van der Waals surface area contributed by atoms with E-state index in [9.17, 15) is 9.59 Å². The highest BCUT2D eigenvalue weighted by Crippen LogP contribution is 2.15. The molecule has 5 heteroatoms. The fourth-order valence-corrected chi connectivity index (χ4v) is 2.19. The molecule has 0 aliphatic rings. The lowest BCUT2D eigenvalue weighted by Crippen LogP contribution is -2.12. The smallest absolute Gasteiger partial charge is 0.338 e. The number of unbranched alkanes of at least 4 members (excludes halogenated alkanes) is 1. The normalized spacial score (nSPS) is 10.2. The fourth-order valence-electron chi connectivity index (χ4n) is 2.19. The van der Waals surface area contributed by atoms with Crippen LogP contribution in [0.3, 0.4) is 0 Å². The van der Waals surface area contributed by atoms with Crippen molar-refractivity contribution in [3.05, 3.63) is 65.2 Å². The van der Waals surface area contributed by atoms with Crippen molar-refractivity contribution in [3.63, 3.8) is 0 Å². The lowest BCUT2D eigenvalue weighted by atomic mass is 10.1. The number of rotatable bonds is 8. The third-order valence-corrected chi connectivity index (χ3v) is 3.65. The standard InChI is InChI=1S/C20H22O5/c1-3-4-13-24-20(22)18-8-6-5-7-16(18)14-25-19(21)15-9-11-17(23-2)12-10-15/h5-12H,3-4,13-14H2,1-2H3. The molecule has 0 aromatic heterocycles. The molecule has 0 amide bonds. The van der Waals surface area contributed by atoms with Gasteiger partial charge >= 0.3 is 11.9 Å². The first-order valence-electron chi connectivity index (χ1n) is 8.22. The summed E-state index contributed by atoms with van der Waals surface area (Å²) in [5, 5.41) is 0. The molecule has 0 heterocycles. The van der Waals surface area contributed by atoms with Crippen LogP contribution >= 0.6 is 0 Å². The second kappa shape index (κ2) is 9.47. The molecule has 0 unspecified atom stereocenters. The van der Waals surface area contributed by atoms with Crippen molar-refractivity contribution in [1.29, 1.82) is 0 Å². The van der Waals surface area contributed by atoms with Crippen molar-refractivity contribution in [3.8, 4) is 5.75 Å². The highest BCUT2D eigenvalue weighted by Gasteiger charge is 2.14. The average Bonchev–Trinajstić information content (AvgIpc) is 2.66. The number of carbonyl (C=O) groups is 2. The third kappa shape index (κ3) is 5.35. The van der Waals surface area contributed by atoms with Gasteiger partial charge in [0.1, 0.15) is 12.4 Å². The molecule has 0 saturated heterocycles. The fraction of sp³-hybridized carbons (Fsp3) is 0.300. The summed E-state index contributed by atoms with van der Waals surface area (Å²) in [5.74, 6) is -0.196. The molecule has 0 fully saturated rings. The molecule has 0 saturated carbocycles. The molecule has 0 N–H and O–H groups in total. The Morgan fingerprint density at radius 3 is 2.32 bits per heavy atom. The zero-order valence-electron chi connectivity index (χ0n) is 14.5. The Balaban J connectivity index is 2.00. The molecule has 2 aromatic carbocycles. The van der Waals surface area contributed by atoms with Gasteiger partial charge in [-0.25, -0.2) is 9.59 Å². The topological polar surface area (TPSA) is 61.8 Å². The summed E-state index contributed by atoms with van der Waals surface area (Å²) in [6.45, 7) is 2.42. The summed E-state index contributed by atoms with van der Waals surface area (Å²) in [4.78, 5) is 24.3. The van der Waals surface area contributed by atoms with Crippen LogP contribution < -0.4 is 4.74 Å². The number of hydrogen-bond acceptors (Lipinski definition) is 5. The zero-order valence-corrected chi connectivity index (χ0v) is 14.5. The van der Waals surface area contributed by atoms with Crippen molar-refractivity contribution >= 4 is 11.9 Å². The number of carbonyl (C=O) groups excluding carboxylic acids is 2. The molecule has 0 spiro atoms. The number of methoxy groups -OCH3 is 1. The molecule has 132 valence electrons. The second-order valence-electron chi connectivity index (χ2n) is 5.45. The molecule has 0 aliphatic heterocycles. The van der Waals surface area contributed by atoms with Gasteiger partial charge in [0.25, 0.3) is 0 Å². The first kappa shape index (κ1) is 18.5. The van der Waals surface area contributed by atoms with E-state index < -0.39 is 11.9 Å². The number of benzene rings is 2. The summed E-state index contributed by atoms with van der Waals surface area (Å²) >= 11 is 0. The van der Waals surface area contributed by atoms with E-state index in [2.05, 4.69) is 0 Å². The van der Waals surface area contributed by atoms with Crippen molar-refractivity contribution in [2.75, 3.05) is 13.7 Å². The van der Waals surface area contributed by atoms with E-state index in [1.165, 1.54) is 0 Å². The van der Waals surface area contributed by atoms with Gasteiger partial charge in [-0.05, 0) is 36.8 Å². The van der Waals surface area contributed by atoms with Crippen molar-refractivity contribution in [2.45, 2.75) is 26.4 Å². The minimum absolute atomic E-state index is 0.00388. The monoisotopic (exact) mass is 342 g/mol. The number of esters is 2. The predicted octanol–water partition coefficient (Wildman–Crippen LogP) is 4.01. The summed E-state index contributed by atoms with van der Waals surface area (Å²) in [6.07, 6.45) is 1.77. The maximum atomic E-state index is 12.1. The highest BCUT2D eigenvalue weighted by molar-refractivity contribution is 5.92. The summed E-state index contributed by atoms with van der Waals surface area (Å²) in [7, 11) is 1.56. The summed E-state index contributed by atoms with van der Waals surface area (Å²) in [5.41, 5.74) is 1.45. The van der Waals surface area contributed by atoms with Crippen LogP contribution in [0.15, 0.2) is 48.5 Å². The van der Waals surface area contributed by atoms with E-state index >= 15 is 0 Å². The summed E-state index contributed by atoms with van der Waals surface area (Å²) in [6, 6.07) is 13.6. The molecule has 2 aromatic rings. The van der Waals surface area contributed by atoms with E-state index in [0.29, 0.717) is 29.0 Å². The van der Waals surface area contributed by atoms with Gasteiger partial charge in [-0.2, -0.15) is 0 Å². The maximum Gasteiger partial charge on any atom is 0.338 e. The first-order valence-corrected chi connectivity index (χ1v) is 8.22. The Morgan fingerprint density at radius 2 is 1.64 bits per heavy atom. The minimum Gasteiger partial charge on any atom is -0.497 e. The lowest BCUT2D eigenvalue weighted by Gasteiger charge is -2.10. The van der Waals surface area contributed by atoms with Gasteiger partial charge < -0.3 is 14.2 Å². The van der Waals surface area contributed by atoms with E-state index in [-0.39, 0.29) is 6.61 Å². The van der Waals surface area contributed by atoms with Crippen molar-refractivity contribution < 1.29 is 23.8 Å². The predicted molar refractivity (Wildman–Crippen MR) is 93.7 cm³/mol. The average molecular weight is 342 g/mol. The Labute approximate surface area is 147 Å². The minimum atomic E-state index is -0.461. The largest absolute Gasteiger partial charge is 0.497 e. The van der Waals surface area contributed by atoms with Crippen LogP contribution in [-0.2, 0) is 16.1 Å². The third-order valence-electron chi connectivity index (χ3n) is 3.65. The SMILES string of the molecule is CCCCOC(=O)c1ccccc1COC(=O)c1ccc(OC)cc1. The van der Waals surface area contributed by atoms with Crippen LogP contribution in [0.5, 0.6) is 5.75 Å². The molecule has 5 nitrogen and oxygen atoms in total. The Hall–Kier alpha value is -2.82. The highest BCUT2D eigenvalue weighted by atomic mass is 16.5. The van der Waals surface area contributed by atoms with E-state index in [1.807, 2.05) is 6.92 Å². The molecule has 2 rings (SSSR count). The first-order chi connectivity index (χ1) is 12.2. The molecule has 0 atom stereocenters. The number of hydrogen-bond donors (Lipinski definition) is 0. The van der Waals surface area contributed by atoms with Gasteiger partial charge in [0.15, 0.2) is 0 Å². The van der Waals surface area contributed by atoms with E-state index in [0.717, 1.165) is 12.8 Å². The van der Waals surface area contributed by atoms with Gasteiger partial charge in [0.05, 0.1) is 24.8 Å². The van der Waals surface area contributed by atoms with Crippen LogP contribution in [0.25, 0.3) is 0 Å². The molecule has 0 aliphatic carbocycles. The quantitative estimate of drug-likeness (QED) is 0.536. The van der Waals surface area contributed by atoms with Crippen LogP contribution in [-0.4, -0.2) is 25.7 Å². The Bertz CT molecular complexity index is 706. The van der Waals surface area contributed by atoms with Crippen LogP contribution in [0, 0.1) is 0 Å². The van der Waals surface area contributed by atoms with Crippen molar-refractivity contribution in [2.24, 2.45) is 0 Å². The van der Waals surface area contributed by atoms with Crippen molar-refractivity contribution in [1.82, 2.24) is 0 Å². The summed E-state index contributed by atoms with van der Waals surface area (Å²) < 4.78 is 15.6. The zero-order chi connectivity index (χ0) is 18.1. The Kier molecular flexibility index (Phi) is 7.01. The molecule has 0 bridgehead atoms. The van der Waals surface area contributed by atoms with Gasteiger partial charge in [0.2, 0.25) is 0 Å². The lowest BCUT2D eigenvalue weighted by molar-refractivity contribution is 0.0442. The molecule has 0 radical (unpaired) electrons. The molecular weight excluding hydrogens is 320 g/mol.